The number of nitrogens with one attached hydrogen (secondary N) is 1. The Labute approximate surface area is 106 Å². The fraction of sp³-hybridized carbons (Fsp3) is 0.583. The molecule has 2 amide bonds. The molecule has 2 rings (SSSR count). The maximum Gasteiger partial charge on any atom is 0.322 e. The molecule has 0 unspecified atom stereocenters. The summed E-state index contributed by atoms with van der Waals surface area (Å²) >= 11 is 0. The van der Waals surface area contributed by atoms with Crippen LogP contribution in [0.1, 0.15) is 25.6 Å². The minimum atomic E-state index is -0.195. The van der Waals surface area contributed by atoms with Crippen LogP contribution in [0, 0.1) is 0 Å². The van der Waals surface area contributed by atoms with Crippen molar-refractivity contribution in [1.82, 2.24) is 14.9 Å². The molecule has 98 valence electrons. The van der Waals surface area contributed by atoms with Gasteiger partial charge in [-0.1, -0.05) is 6.92 Å². The summed E-state index contributed by atoms with van der Waals surface area (Å²) in [7, 11) is 0. The summed E-state index contributed by atoms with van der Waals surface area (Å²) in [6, 6.07) is -0.264. The summed E-state index contributed by atoms with van der Waals surface area (Å²) in [6.07, 6.45) is 5.77. The number of aryl methyl sites for hydroxylation is 1. The molecule has 1 atom stereocenters. The number of aliphatic hydroxyl groups excluding tert-OH is 1. The number of amides is 2. The molecule has 18 heavy (non-hydrogen) atoms. The first-order valence-electron chi connectivity index (χ1n) is 6.24. The van der Waals surface area contributed by atoms with Crippen molar-refractivity contribution in [2.24, 2.45) is 0 Å². The first-order chi connectivity index (χ1) is 8.74. The van der Waals surface area contributed by atoms with E-state index in [2.05, 4.69) is 15.3 Å². The lowest BCUT2D eigenvalue weighted by molar-refractivity contribution is 0.166. The lowest BCUT2D eigenvalue weighted by atomic mass is 10.2. The zero-order chi connectivity index (χ0) is 13.0. The van der Waals surface area contributed by atoms with Gasteiger partial charge < -0.3 is 15.3 Å². The molecule has 6 nitrogen and oxygen atoms in total. The fourth-order valence-electron chi connectivity index (χ4n) is 2.09. The predicted octanol–water partition coefficient (Wildman–Crippen LogP) is 1.03. The van der Waals surface area contributed by atoms with Crippen LogP contribution in [-0.2, 0) is 6.42 Å². The van der Waals surface area contributed by atoms with Crippen LogP contribution in [0.5, 0.6) is 0 Å². The molecule has 1 saturated heterocycles. The zero-order valence-electron chi connectivity index (χ0n) is 10.5. The smallest absolute Gasteiger partial charge is 0.322 e. The van der Waals surface area contributed by atoms with E-state index in [9.17, 15) is 9.90 Å². The van der Waals surface area contributed by atoms with Gasteiger partial charge in [-0.15, -0.1) is 0 Å². The van der Waals surface area contributed by atoms with E-state index in [4.69, 9.17) is 0 Å². The van der Waals surface area contributed by atoms with Gasteiger partial charge in [-0.3, -0.25) is 0 Å². The molecule has 0 bridgehead atoms. The van der Waals surface area contributed by atoms with Crippen molar-refractivity contribution in [3.05, 3.63) is 18.2 Å². The fourth-order valence-corrected chi connectivity index (χ4v) is 2.09. The molecule has 0 saturated carbocycles. The van der Waals surface area contributed by atoms with E-state index in [0.717, 1.165) is 25.1 Å². The maximum atomic E-state index is 12.0. The number of rotatable bonds is 3. The van der Waals surface area contributed by atoms with Crippen LogP contribution < -0.4 is 5.32 Å². The molecule has 0 aliphatic carbocycles. The Balaban J connectivity index is 1.97. The van der Waals surface area contributed by atoms with Crippen molar-refractivity contribution in [2.45, 2.75) is 32.2 Å². The second kappa shape index (κ2) is 5.77. The highest BCUT2D eigenvalue weighted by molar-refractivity contribution is 5.89. The van der Waals surface area contributed by atoms with Crippen molar-refractivity contribution < 1.29 is 9.90 Å². The summed E-state index contributed by atoms with van der Waals surface area (Å²) in [5, 5.41) is 11.9. The van der Waals surface area contributed by atoms with Crippen molar-refractivity contribution in [1.29, 1.82) is 0 Å². The Morgan fingerprint density at radius 2 is 2.28 bits per heavy atom. The normalized spacial score (nSPS) is 19.0. The third-order valence-electron chi connectivity index (χ3n) is 3.12. The molecule has 0 aromatic carbocycles. The highest BCUT2D eigenvalue weighted by atomic mass is 16.3. The predicted molar refractivity (Wildman–Crippen MR) is 67.2 cm³/mol. The van der Waals surface area contributed by atoms with Crippen LogP contribution in [0.4, 0.5) is 10.5 Å². The van der Waals surface area contributed by atoms with Crippen LogP contribution >= 0.6 is 0 Å². The van der Waals surface area contributed by atoms with Gasteiger partial charge in [-0.25, -0.2) is 14.8 Å². The molecule has 1 aromatic heterocycles. The van der Waals surface area contributed by atoms with E-state index >= 15 is 0 Å². The lowest BCUT2D eigenvalue weighted by Gasteiger charge is -2.23. The van der Waals surface area contributed by atoms with Gasteiger partial charge in [0.1, 0.15) is 5.82 Å². The Morgan fingerprint density at radius 3 is 2.89 bits per heavy atom. The third-order valence-corrected chi connectivity index (χ3v) is 3.12. The third kappa shape index (κ3) is 2.76. The molecule has 6 heteroatoms. The Kier molecular flexibility index (Phi) is 4.09. The van der Waals surface area contributed by atoms with E-state index < -0.39 is 0 Å². The number of urea groups is 1. The van der Waals surface area contributed by atoms with E-state index in [0.29, 0.717) is 12.2 Å². The van der Waals surface area contributed by atoms with E-state index in [1.54, 1.807) is 17.3 Å². The van der Waals surface area contributed by atoms with Gasteiger partial charge in [0, 0.05) is 13.0 Å². The molecule has 0 spiro atoms. The first-order valence-corrected chi connectivity index (χ1v) is 6.24. The van der Waals surface area contributed by atoms with Crippen LogP contribution in [0.3, 0.4) is 0 Å². The number of likely N-dealkylation sites (tertiary alicyclic amines) is 1. The largest absolute Gasteiger partial charge is 0.394 e. The van der Waals surface area contributed by atoms with Crippen molar-refractivity contribution >= 4 is 11.7 Å². The second-order valence-corrected chi connectivity index (χ2v) is 4.34. The number of aromatic nitrogens is 2. The van der Waals surface area contributed by atoms with Gasteiger partial charge in [0.25, 0.3) is 0 Å². The molecular weight excluding hydrogens is 232 g/mol. The highest BCUT2D eigenvalue weighted by Gasteiger charge is 2.27. The van der Waals surface area contributed by atoms with Crippen LogP contribution in [0.2, 0.25) is 0 Å². The van der Waals surface area contributed by atoms with Gasteiger partial charge >= 0.3 is 6.03 Å². The van der Waals surface area contributed by atoms with E-state index in [1.807, 2.05) is 6.92 Å². The lowest BCUT2D eigenvalue weighted by Crippen LogP contribution is -2.40. The van der Waals surface area contributed by atoms with Crippen molar-refractivity contribution in [3.63, 3.8) is 0 Å². The molecular formula is C12H18N4O2. The van der Waals surface area contributed by atoms with Gasteiger partial charge in [-0.05, 0) is 12.8 Å². The monoisotopic (exact) mass is 250 g/mol. The van der Waals surface area contributed by atoms with Crippen molar-refractivity contribution in [2.75, 3.05) is 18.5 Å². The quantitative estimate of drug-likeness (QED) is 0.839. The van der Waals surface area contributed by atoms with Crippen LogP contribution in [0.15, 0.2) is 12.4 Å². The zero-order valence-corrected chi connectivity index (χ0v) is 10.5. The summed E-state index contributed by atoms with van der Waals surface area (Å²) in [5.74, 6) is 0.752. The number of carbonyl (C=O) groups excluding carboxylic acids is 1. The summed E-state index contributed by atoms with van der Waals surface area (Å²) < 4.78 is 0. The van der Waals surface area contributed by atoms with Crippen LogP contribution in [-0.4, -0.2) is 45.2 Å². The summed E-state index contributed by atoms with van der Waals surface area (Å²) in [6.45, 7) is 2.67. The molecule has 0 radical (unpaired) electrons. The molecule has 1 aliphatic heterocycles. The Bertz CT molecular complexity index is 407. The number of aliphatic hydroxyl groups is 1. The van der Waals surface area contributed by atoms with Crippen LogP contribution in [0.25, 0.3) is 0 Å². The number of nitrogens with zero attached hydrogens (tertiary/aromatic N) is 3. The maximum absolute atomic E-state index is 12.0. The van der Waals surface area contributed by atoms with Gasteiger partial charge in [0.05, 0.1) is 30.7 Å². The standard InChI is InChI=1S/C12H18N4O2/c1-2-11-13-6-9(7-14-11)15-12(18)16-5-3-4-10(16)8-17/h6-7,10,17H,2-5,8H2,1H3,(H,15,18)/t10-/m1/s1. The van der Waals surface area contributed by atoms with E-state index in [-0.39, 0.29) is 18.7 Å². The Hall–Kier alpha value is -1.69. The summed E-state index contributed by atoms with van der Waals surface area (Å²) in [5.41, 5.74) is 0.584. The molecule has 1 fully saturated rings. The molecule has 2 heterocycles. The minimum Gasteiger partial charge on any atom is -0.394 e. The van der Waals surface area contributed by atoms with Gasteiger partial charge in [0.15, 0.2) is 0 Å². The SMILES string of the molecule is CCc1ncc(NC(=O)N2CCC[C@@H]2CO)cn1. The molecule has 1 aromatic rings. The highest BCUT2D eigenvalue weighted by Crippen LogP contribution is 2.18. The first kappa shape index (κ1) is 12.8. The average Bonchev–Trinajstić information content (AvgIpc) is 2.88. The molecule has 2 N–H and O–H groups in total. The summed E-state index contributed by atoms with van der Waals surface area (Å²) in [4.78, 5) is 21.9. The number of hydrogen-bond acceptors (Lipinski definition) is 4. The second-order valence-electron chi connectivity index (χ2n) is 4.34. The van der Waals surface area contributed by atoms with E-state index in [1.165, 1.54) is 0 Å². The molecule has 1 aliphatic rings. The average molecular weight is 250 g/mol. The number of carbonyl (C=O) groups is 1. The van der Waals surface area contributed by atoms with Gasteiger partial charge in [-0.2, -0.15) is 0 Å². The topological polar surface area (TPSA) is 78.4 Å². The Morgan fingerprint density at radius 1 is 1.56 bits per heavy atom. The van der Waals surface area contributed by atoms with Crippen molar-refractivity contribution in [3.8, 4) is 0 Å². The number of anilines is 1. The number of hydrogen-bond donors (Lipinski definition) is 2. The van der Waals surface area contributed by atoms with Gasteiger partial charge in [0.2, 0.25) is 0 Å². The minimum absolute atomic E-state index is 0.0126.